The van der Waals surface area contributed by atoms with Crippen LogP contribution in [0.2, 0.25) is 6.82 Å². The van der Waals surface area contributed by atoms with Crippen molar-refractivity contribution in [3.8, 4) is 0 Å². The molecule has 0 rings (SSSR count). The predicted octanol–water partition coefficient (Wildman–Crippen LogP) is 1.12. The summed E-state index contributed by atoms with van der Waals surface area (Å²) >= 11 is 0. The third kappa shape index (κ3) is 2.92. The van der Waals surface area contributed by atoms with Crippen LogP contribution in [0.3, 0.4) is 0 Å². The first-order chi connectivity index (χ1) is 1.91. The topological polar surface area (TPSA) is 0 Å². The van der Waals surface area contributed by atoms with Gasteiger partial charge in [-0.15, -0.1) is 17.1 Å². The molecule has 0 saturated carbocycles. The van der Waals surface area contributed by atoms with Crippen LogP contribution in [0.5, 0.6) is 0 Å². The molecule has 2 atom stereocenters. The van der Waals surface area contributed by atoms with E-state index in [0.29, 0.717) is 0 Å². The number of hydrogen-bond acceptors (Lipinski definition) is 0. The van der Waals surface area contributed by atoms with Gasteiger partial charge in [-0.1, -0.05) is 6.82 Å². The summed E-state index contributed by atoms with van der Waals surface area (Å²) in [4.78, 5) is 0. The van der Waals surface area contributed by atoms with E-state index in [-0.39, 0.29) is 0 Å². The van der Waals surface area contributed by atoms with Crippen molar-refractivity contribution in [2.75, 3.05) is 0 Å². The van der Waals surface area contributed by atoms with Gasteiger partial charge in [-0.25, -0.2) is 0 Å². The van der Waals surface area contributed by atoms with Gasteiger partial charge in [-0.05, 0) is 0 Å². The van der Waals surface area contributed by atoms with Crippen LogP contribution in [0, 0.1) is 0 Å². The Hall–Kier alpha value is 0.925. The Labute approximate surface area is 31.8 Å². The summed E-state index contributed by atoms with van der Waals surface area (Å²) in [5.41, 5.74) is 0. The minimum absolute atomic E-state index is 0.932. The minimum Gasteiger partial charge on any atom is -0.144 e. The molecule has 0 saturated heterocycles. The fraction of sp³-hybridized carbons (Fsp3) is 1.00. The molecule has 0 amide bonds. The summed E-state index contributed by atoms with van der Waals surface area (Å²) < 4.78 is 0. The Morgan fingerprint density at radius 3 is 2.25 bits per heavy atom. The highest BCUT2D eigenvalue weighted by molar-refractivity contribution is 8.17. The molecule has 0 aliphatic rings. The van der Waals surface area contributed by atoms with Crippen LogP contribution in [0.25, 0.3) is 0 Å². The molecule has 0 spiro atoms. The van der Waals surface area contributed by atoms with Crippen LogP contribution >= 0.6 is 17.1 Å². The fourth-order valence-corrected chi connectivity index (χ4v) is 0. The Balaban J connectivity index is 1.97. The first-order valence-corrected chi connectivity index (χ1v) is 4.04. The Bertz CT molecular complexity index is 8.00. The van der Waals surface area contributed by atoms with E-state index in [1.807, 2.05) is 6.82 Å². The molecule has 0 fully saturated rings. The molecule has 0 heterocycles. The zero-order chi connectivity index (χ0) is 3.41. The van der Waals surface area contributed by atoms with E-state index in [0.717, 1.165) is 8.15 Å². The maximum atomic E-state index is 2.63. The normalized spacial score (nSPS) is 9.50. The molecular formula is CH6BP2. The molecule has 0 N–H and O–H groups in total. The van der Waals surface area contributed by atoms with E-state index < -0.39 is 0 Å². The van der Waals surface area contributed by atoms with Gasteiger partial charge in [0.1, 0.15) is 7.00 Å². The molecular weight excluding hydrogens is 84.8 g/mol. The highest BCUT2D eigenvalue weighted by atomic mass is 32.0. The summed E-state index contributed by atoms with van der Waals surface area (Å²) in [5, 5.41) is 0. The van der Waals surface area contributed by atoms with Gasteiger partial charge in [0.25, 0.3) is 0 Å². The monoisotopic (exact) mass is 91.0 g/mol. The van der Waals surface area contributed by atoms with E-state index in [9.17, 15) is 0 Å². The van der Waals surface area contributed by atoms with Crippen LogP contribution in [-0.4, -0.2) is 7.00 Å². The number of rotatable bonds is 1. The van der Waals surface area contributed by atoms with Crippen molar-refractivity contribution in [1.29, 1.82) is 0 Å². The highest BCUT2D eigenvalue weighted by Crippen LogP contribution is 2.14. The lowest BCUT2D eigenvalue weighted by molar-refractivity contribution is 2.38. The summed E-state index contributed by atoms with van der Waals surface area (Å²) in [6, 6.07) is 0. The van der Waals surface area contributed by atoms with Crippen LogP contribution in [0.1, 0.15) is 0 Å². The largest absolute Gasteiger partial charge is 0.144 e. The van der Waals surface area contributed by atoms with Crippen LogP contribution in [-0.2, 0) is 0 Å². The summed E-state index contributed by atoms with van der Waals surface area (Å²) in [5.74, 6) is 0. The Morgan fingerprint density at radius 2 is 2.25 bits per heavy atom. The molecule has 0 nitrogen and oxygen atoms in total. The second-order valence-corrected chi connectivity index (χ2v) is 2.37. The van der Waals surface area contributed by atoms with Crippen molar-refractivity contribution < 1.29 is 0 Å². The van der Waals surface area contributed by atoms with Crippen molar-refractivity contribution in [2.45, 2.75) is 6.82 Å². The van der Waals surface area contributed by atoms with Crippen molar-refractivity contribution in [2.24, 2.45) is 0 Å². The lowest BCUT2D eigenvalue weighted by Crippen LogP contribution is -1.49. The van der Waals surface area contributed by atoms with Gasteiger partial charge in [0.15, 0.2) is 0 Å². The highest BCUT2D eigenvalue weighted by Gasteiger charge is 1.60. The first kappa shape index (κ1) is 4.92. The number of hydrogen-bond donors (Lipinski definition) is 0. The third-order valence-electron chi connectivity index (χ3n) is 0.167. The summed E-state index contributed by atoms with van der Waals surface area (Å²) in [6.45, 7) is 4.16. The zero-order valence-electron chi connectivity index (χ0n) is 2.65. The fourth-order valence-electron chi connectivity index (χ4n) is 0. The summed E-state index contributed by atoms with van der Waals surface area (Å²) in [7, 11) is 3.56. The van der Waals surface area contributed by atoms with E-state index >= 15 is 0 Å². The van der Waals surface area contributed by atoms with Crippen LogP contribution in [0.15, 0.2) is 0 Å². The van der Waals surface area contributed by atoms with Crippen molar-refractivity contribution in [3.63, 3.8) is 0 Å². The molecule has 0 bridgehead atoms. The second kappa shape index (κ2) is 3.92. The standard InChI is InChI=1S/CH6BP2/c1-2-4-3/h4H,3H2,1H3. The minimum atomic E-state index is 0.932. The van der Waals surface area contributed by atoms with Crippen molar-refractivity contribution in [1.82, 2.24) is 0 Å². The zero-order valence-corrected chi connectivity index (χ0v) is 4.81. The molecule has 2 unspecified atom stereocenters. The summed E-state index contributed by atoms with van der Waals surface area (Å²) in [6.07, 6.45) is 0. The van der Waals surface area contributed by atoms with Gasteiger partial charge in [-0.3, -0.25) is 0 Å². The maximum absolute atomic E-state index is 2.63. The van der Waals surface area contributed by atoms with Crippen LogP contribution in [0.4, 0.5) is 0 Å². The molecule has 0 aromatic carbocycles. The molecule has 23 valence electrons. The van der Waals surface area contributed by atoms with E-state index in [4.69, 9.17) is 0 Å². The quantitative estimate of drug-likeness (QED) is 0.335. The lowest BCUT2D eigenvalue weighted by atomic mass is 10.2. The maximum Gasteiger partial charge on any atom is 0.144 e. The molecule has 0 aromatic heterocycles. The second-order valence-electron chi connectivity index (χ2n) is 0.455. The first-order valence-electron chi connectivity index (χ1n) is 1.15. The average Bonchev–Trinajstić information content (AvgIpc) is 1.37. The smallest absolute Gasteiger partial charge is 0.144 e. The van der Waals surface area contributed by atoms with E-state index in [2.05, 4.69) is 15.9 Å². The third-order valence-corrected chi connectivity index (χ3v) is 1.50. The molecule has 0 aliphatic heterocycles. The Kier molecular flexibility index (Phi) is 4.83. The van der Waals surface area contributed by atoms with Crippen molar-refractivity contribution >= 4 is 24.1 Å². The molecule has 0 aliphatic carbocycles. The van der Waals surface area contributed by atoms with Gasteiger partial charge in [0.05, 0.1) is 0 Å². The Morgan fingerprint density at radius 1 is 2.00 bits per heavy atom. The predicted molar refractivity (Wildman–Crippen MR) is 29.6 cm³/mol. The van der Waals surface area contributed by atoms with Gasteiger partial charge in [0, 0.05) is 0 Å². The van der Waals surface area contributed by atoms with E-state index in [1.165, 1.54) is 0 Å². The molecule has 4 heavy (non-hydrogen) atoms. The lowest BCUT2D eigenvalue weighted by Gasteiger charge is -1.66. The van der Waals surface area contributed by atoms with Crippen LogP contribution < -0.4 is 0 Å². The van der Waals surface area contributed by atoms with Gasteiger partial charge < -0.3 is 0 Å². The SMILES string of the molecule is C[B]PP. The molecule has 3 heteroatoms. The van der Waals surface area contributed by atoms with E-state index in [1.54, 1.807) is 0 Å². The van der Waals surface area contributed by atoms with Gasteiger partial charge >= 0.3 is 0 Å². The molecule has 1 radical (unpaired) electrons. The molecule has 0 aromatic rings. The average molecular weight is 90.8 g/mol. The van der Waals surface area contributed by atoms with Gasteiger partial charge in [-0.2, -0.15) is 0 Å². The van der Waals surface area contributed by atoms with Crippen molar-refractivity contribution in [3.05, 3.63) is 0 Å². The van der Waals surface area contributed by atoms with Gasteiger partial charge in [0.2, 0.25) is 0 Å².